The van der Waals surface area contributed by atoms with E-state index in [2.05, 4.69) is 36.5 Å². The first kappa shape index (κ1) is 13.5. The summed E-state index contributed by atoms with van der Waals surface area (Å²) in [5.41, 5.74) is 1.36. The van der Waals surface area contributed by atoms with Crippen molar-refractivity contribution in [2.75, 3.05) is 11.5 Å². The molecule has 98 valence electrons. The van der Waals surface area contributed by atoms with E-state index in [1.165, 1.54) is 12.0 Å². The first-order chi connectivity index (χ1) is 8.81. The van der Waals surface area contributed by atoms with Gasteiger partial charge in [0.15, 0.2) is 0 Å². The molecule has 2 nitrogen and oxygen atoms in total. The van der Waals surface area contributed by atoms with Crippen LogP contribution in [0, 0.1) is 0 Å². The van der Waals surface area contributed by atoms with Gasteiger partial charge >= 0.3 is 0 Å². The second kappa shape index (κ2) is 6.83. The number of carbonyl (C=O) groups is 1. The maximum absolute atomic E-state index is 11.8. The van der Waals surface area contributed by atoms with Crippen molar-refractivity contribution < 1.29 is 4.79 Å². The van der Waals surface area contributed by atoms with E-state index in [0.29, 0.717) is 17.7 Å². The Bertz CT molecular complexity index is 379. The van der Waals surface area contributed by atoms with Crippen molar-refractivity contribution in [3.8, 4) is 0 Å². The summed E-state index contributed by atoms with van der Waals surface area (Å²) < 4.78 is 0. The first-order valence-electron chi connectivity index (χ1n) is 6.73. The highest BCUT2D eigenvalue weighted by atomic mass is 32.2. The predicted octanol–water partition coefficient (Wildman–Crippen LogP) is 3.19. The summed E-state index contributed by atoms with van der Waals surface area (Å²) in [4.78, 5) is 11.8. The Morgan fingerprint density at radius 2 is 2.11 bits per heavy atom. The van der Waals surface area contributed by atoms with Gasteiger partial charge in [0.25, 0.3) is 0 Å². The molecule has 0 heterocycles. The highest BCUT2D eigenvalue weighted by molar-refractivity contribution is 7.99. The van der Waals surface area contributed by atoms with Gasteiger partial charge in [0.05, 0.1) is 5.75 Å². The molecule has 0 unspecified atom stereocenters. The molecule has 1 N–H and O–H groups in total. The van der Waals surface area contributed by atoms with E-state index in [1.54, 1.807) is 11.8 Å². The monoisotopic (exact) mass is 263 g/mol. The van der Waals surface area contributed by atoms with Crippen molar-refractivity contribution in [2.24, 2.45) is 0 Å². The average Bonchev–Trinajstić information content (AvgIpc) is 2.36. The first-order valence-corrected chi connectivity index (χ1v) is 7.88. The van der Waals surface area contributed by atoms with Crippen LogP contribution in [-0.2, 0) is 4.79 Å². The molecule has 0 aromatic heterocycles. The van der Waals surface area contributed by atoms with Crippen molar-refractivity contribution in [1.82, 2.24) is 5.32 Å². The van der Waals surface area contributed by atoms with Crippen molar-refractivity contribution in [3.05, 3.63) is 35.9 Å². The fourth-order valence-corrected chi connectivity index (χ4v) is 3.03. The normalized spacial score (nSPS) is 22.3. The zero-order valence-corrected chi connectivity index (χ0v) is 11.7. The van der Waals surface area contributed by atoms with Crippen LogP contribution in [0.1, 0.15) is 37.7 Å². The third-order valence-corrected chi connectivity index (χ3v) is 4.59. The van der Waals surface area contributed by atoms with Crippen LogP contribution in [0.15, 0.2) is 30.3 Å². The zero-order valence-electron chi connectivity index (χ0n) is 10.9. The molecule has 1 aromatic carbocycles. The molecule has 0 bridgehead atoms. The Hall–Kier alpha value is -0.960. The minimum Gasteiger partial charge on any atom is -0.352 e. The fraction of sp³-hybridized carbons (Fsp3) is 0.533. The lowest BCUT2D eigenvalue weighted by atomic mass is 9.75. The van der Waals surface area contributed by atoms with Gasteiger partial charge in [-0.05, 0) is 30.6 Å². The fourth-order valence-electron chi connectivity index (χ4n) is 2.33. The Morgan fingerprint density at radius 3 is 2.72 bits per heavy atom. The van der Waals surface area contributed by atoms with Gasteiger partial charge in [0.1, 0.15) is 0 Å². The molecule has 2 atom stereocenters. The van der Waals surface area contributed by atoms with Crippen LogP contribution in [-0.4, -0.2) is 23.5 Å². The molecule has 1 aromatic rings. The predicted molar refractivity (Wildman–Crippen MR) is 78.0 cm³/mol. The third-order valence-electron chi connectivity index (χ3n) is 3.43. The summed E-state index contributed by atoms with van der Waals surface area (Å²) in [6.45, 7) is 2.14. The van der Waals surface area contributed by atoms with Crippen LogP contribution in [0.4, 0.5) is 0 Å². The van der Waals surface area contributed by atoms with Gasteiger partial charge in [0, 0.05) is 12.0 Å². The number of amides is 1. The molecule has 1 aliphatic carbocycles. The molecule has 2 rings (SSSR count). The van der Waals surface area contributed by atoms with Gasteiger partial charge in [-0.15, -0.1) is 0 Å². The highest BCUT2D eigenvalue weighted by Crippen LogP contribution is 2.36. The molecular formula is C15H21NOS. The van der Waals surface area contributed by atoms with Gasteiger partial charge in [-0.2, -0.15) is 11.8 Å². The minimum atomic E-state index is 0.194. The summed E-state index contributed by atoms with van der Waals surface area (Å²) in [6.07, 6.45) is 3.44. The molecule has 1 amide bonds. The van der Waals surface area contributed by atoms with Crippen LogP contribution >= 0.6 is 11.8 Å². The summed E-state index contributed by atoms with van der Waals surface area (Å²) >= 11 is 1.72. The average molecular weight is 263 g/mol. The molecule has 1 fully saturated rings. The highest BCUT2D eigenvalue weighted by Gasteiger charge is 2.32. The number of nitrogens with one attached hydrogen (secondary N) is 1. The van der Waals surface area contributed by atoms with E-state index in [0.717, 1.165) is 18.6 Å². The van der Waals surface area contributed by atoms with E-state index < -0.39 is 0 Å². The van der Waals surface area contributed by atoms with E-state index in [9.17, 15) is 4.79 Å². The molecular weight excluding hydrogens is 242 g/mol. The Morgan fingerprint density at radius 1 is 1.33 bits per heavy atom. The van der Waals surface area contributed by atoms with Gasteiger partial charge in [-0.25, -0.2) is 0 Å². The molecule has 0 radical (unpaired) electrons. The van der Waals surface area contributed by atoms with Crippen molar-refractivity contribution in [3.63, 3.8) is 0 Å². The lowest BCUT2D eigenvalue weighted by molar-refractivity contribution is -0.119. The summed E-state index contributed by atoms with van der Waals surface area (Å²) in [5, 5.41) is 3.16. The second-order valence-electron chi connectivity index (χ2n) is 4.82. The van der Waals surface area contributed by atoms with Crippen molar-refractivity contribution >= 4 is 17.7 Å². The summed E-state index contributed by atoms with van der Waals surface area (Å²) in [5.74, 6) is 2.39. The summed E-state index contributed by atoms with van der Waals surface area (Å²) in [6, 6.07) is 10.9. The largest absolute Gasteiger partial charge is 0.352 e. The van der Waals surface area contributed by atoms with Crippen molar-refractivity contribution in [1.29, 1.82) is 0 Å². The minimum absolute atomic E-state index is 0.194. The Kier molecular flexibility index (Phi) is 5.12. The standard InChI is InChI=1S/C15H21NOS/c1-2-10-18-11-15(17)16-14-9-8-13(14)12-6-4-3-5-7-12/h3-7,13-14H,2,8-11H2,1H3,(H,16,17)/t13-,14-/m1/s1. The lowest BCUT2D eigenvalue weighted by Crippen LogP contribution is -2.46. The molecule has 0 saturated heterocycles. The van der Waals surface area contributed by atoms with Gasteiger partial charge < -0.3 is 5.32 Å². The topological polar surface area (TPSA) is 29.1 Å². The van der Waals surface area contributed by atoms with Crippen molar-refractivity contribution in [2.45, 2.75) is 38.1 Å². The van der Waals surface area contributed by atoms with E-state index in [1.807, 2.05) is 6.07 Å². The Labute approximate surface area is 114 Å². The smallest absolute Gasteiger partial charge is 0.230 e. The molecule has 0 aliphatic heterocycles. The number of hydrogen-bond donors (Lipinski definition) is 1. The number of rotatable bonds is 6. The lowest BCUT2D eigenvalue weighted by Gasteiger charge is -2.37. The van der Waals surface area contributed by atoms with E-state index in [-0.39, 0.29) is 5.91 Å². The number of hydrogen-bond acceptors (Lipinski definition) is 2. The Balaban J connectivity index is 1.79. The number of thioether (sulfide) groups is 1. The maximum Gasteiger partial charge on any atom is 0.230 e. The van der Waals surface area contributed by atoms with E-state index >= 15 is 0 Å². The quantitative estimate of drug-likeness (QED) is 0.799. The SMILES string of the molecule is CCCSCC(=O)N[C@@H]1CC[C@@H]1c1ccccc1. The van der Waals surface area contributed by atoms with Gasteiger partial charge in [-0.1, -0.05) is 37.3 Å². The maximum atomic E-state index is 11.8. The number of carbonyl (C=O) groups excluding carboxylic acids is 1. The molecule has 1 aliphatic rings. The molecule has 1 saturated carbocycles. The zero-order chi connectivity index (χ0) is 12.8. The third kappa shape index (κ3) is 3.52. The van der Waals surface area contributed by atoms with Crippen LogP contribution in [0.25, 0.3) is 0 Å². The van der Waals surface area contributed by atoms with Crippen LogP contribution in [0.2, 0.25) is 0 Å². The van der Waals surface area contributed by atoms with Crippen LogP contribution in [0.3, 0.4) is 0 Å². The molecule has 0 spiro atoms. The van der Waals surface area contributed by atoms with E-state index in [4.69, 9.17) is 0 Å². The van der Waals surface area contributed by atoms with Crippen LogP contribution < -0.4 is 5.32 Å². The van der Waals surface area contributed by atoms with Gasteiger partial charge in [0.2, 0.25) is 5.91 Å². The summed E-state index contributed by atoms with van der Waals surface area (Å²) in [7, 11) is 0. The molecule has 18 heavy (non-hydrogen) atoms. The van der Waals surface area contributed by atoms with Crippen LogP contribution in [0.5, 0.6) is 0 Å². The number of benzene rings is 1. The van der Waals surface area contributed by atoms with Gasteiger partial charge in [-0.3, -0.25) is 4.79 Å². The molecule has 3 heteroatoms. The second-order valence-corrected chi connectivity index (χ2v) is 5.93.